The zero-order chi connectivity index (χ0) is 10.1. The maximum absolute atomic E-state index is 5.75. The van der Waals surface area contributed by atoms with Crippen molar-refractivity contribution in [2.24, 2.45) is 5.73 Å². The third kappa shape index (κ3) is 1.64. The highest BCUT2D eigenvalue weighted by molar-refractivity contribution is 7.15. The number of aryl methyl sites for hydroxylation is 1. The van der Waals surface area contributed by atoms with Crippen molar-refractivity contribution >= 4 is 16.5 Å². The van der Waals surface area contributed by atoms with Crippen LogP contribution in [0.25, 0.3) is 0 Å². The van der Waals surface area contributed by atoms with Crippen molar-refractivity contribution in [3.63, 3.8) is 0 Å². The summed E-state index contributed by atoms with van der Waals surface area (Å²) in [5, 5.41) is 1.12. The molecular weight excluding hydrogens is 194 g/mol. The fourth-order valence-corrected chi connectivity index (χ4v) is 3.03. The normalized spacial score (nSPS) is 20.6. The van der Waals surface area contributed by atoms with Crippen molar-refractivity contribution in [2.75, 3.05) is 25.5 Å². The van der Waals surface area contributed by atoms with Gasteiger partial charge < -0.3 is 10.6 Å². The van der Waals surface area contributed by atoms with E-state index < -0.39 is 0 Å². The van der Waals surface area contributed by atoms with E-state index in [0.717, 1.165) is 11.7 Å². The summed E-state index contributed by atoms with van der Waals surface area (Å²) in [5.74, 6) is 0.503. The zero-order valence-electron chi connectivity index (χ0n) is 8.79. The van der Waals surface area contributed by atoms with Crippen LogP contribution in [0, 0.1) is 0 Å². The van der Waals surface area contributed by atoms with Crippen molar-refractivity contribution in [1.82, 2.24) is 4.98 Å². The van der Waals surface area contributed by atoms with Gasteiger partial charge in [-0.1, -0.05) is 0 Å². The Morgan fingerprint density at radius 3 is 3.00 bits per heavy atom. The molecule has 0 saturated carbocycles. The van der Waals surface area contributed by atoms with Crippen LogP contribution in [0.1, 0.15) is 29.3 Å². The van der Waals surface area contributed by atoms with Crippen molar-refractivity contribution < 1.29 is 0 Å². The standard InChI is InChI=1S/C10H17N3S/c1-13(2)10-12-9-7(6-11)4-3-5-8(9)14-10/h7H,3-6,11H2,1-2H3. The molecule has 0 aliphatic heterocycles. The highest BCUT2D eigenvalue weighted by atomic mass is 32.1. The van der Waals surface area contributed by atoms with Crippen molar-refractivity contribution in [3.05, 3.63) is 10.6 Å². The summed E-state index contributed by atoms with van der Waals surface area (Å²) in [7, 11) is 4.09. The van der Waals surface area contributed by atoms with Crippen LogP contribution in [0.15, 0.2) is 0 Å². The minimum Gasteiger partial charge on any atom is -0.354 e. The van der Waals surface area contributed by atoms with Gasteiger partial charge in [0.2, 0.25) is 0 Å². The van der Waals surface area contributed by atoms with Gasteiger partial charge in [-0.2, -0.15) is 0 Å². The first kappa shape index (κ1) is 9.93. The van der Waals surface area contributed by atoms with Crippen LogP contribution in [0.3, 0.4) is 0 Å². The largest absolute Gasteiger partial charge is 0.354 e. The molecule has 1 unspecified atom stereocenters. The maximum Gasteiger partial charge on any atom is 0.185 e. The fraction of sp³-hybridized carbons (Fsp3) is 0.700. The molecule has 1 aromatic rings. The lowest BCUT2D eigenvalue weighted by Crippen LogP contribution is -2.18. The van der Waals surface area contributed by atoms with Gasteiger partial charge >= 0.3 is 0 Å². The number of fused-ring (bicyclic) bond motifs is 1. The Morgan fingerprint density at radius 2 is 2.36 bits per heavy atom. The van der Waals surface area contributed by atoms with Crippen LogP contribution in [0.5, 0.6) is 0 Å². The van der Waals surface area contributed by atoms with Gasteiger partial charge in [0.05, 0.1) is 5.69 Å². The highest BCUT2D eigenvalue weighted by Crippen LogP contribution is 2.36. The van der Waals surface area contributed by atoms with Crippen LogP contribution in [-0.4, -0.2) is 25.6 Å². The molecular formula is C10H17N3S. The Labute approximate surface area is 88.9 Å². The van der Waals surface area contributed by atoms with Crippen LogP contribution in [-0.2, 0) is 6.42 Å². The molecule has 2 N–H and O–H groups in total. The smallest absolute Gasteiger partial charge is 0.185 e. The number of rotatable bonds is 2. The Bertz CT molecular complexity index is 319. The molecule has 1 atom stereocenters. The first-order valence-electron chi connectivity index (χ1n) is 5.09. The number of nitrogens with two attached hydrogens (primary N) is 1. The molecule has 1 aliphatic carbocycles. The summed E-state index contributed by atoms with van der Waals surface area (Å²) in [6.07, 6.45) is 3.67. The Hall–Kier alpha value is -0.610. The van der Waals surface area contributed by atoms with Crippen molar-refractivity contribution in [2.45, 2.75) is 25.2 Å². The fourth-order valence-electron chi connectivity index (χ4n) is 1.92. The molecule has 0 saturated heterocycles. The molecule has 1 heterocycles. The minimum absolute atomic E-state index is 0.503. The number of nitrogens with zero attached hydrogens (tertiary/aromatic N) is 2. The van der Waals surface area contributed by atoms with E-state index in [1.807, 2.05) is 25.4 Å². The van der Waals surface area contributed by atoms with Gasteiger partial charge in [0.1, 0.15) is 0 Å². The Kier molecular flexibility index (Phi) is 2.74. The van der Waals surface area contributed by atoms with Crippen molar-refractivity contribution in [3.8, 4) is 0 Å². The molecule has 0 radical (unpaired) electrons. The second-order valence-corrected chi connectivity index (χ2v) is 5.09. The summed E-state index contributed by atoms with van der Waals surface area (Å²) in [4.78, 5) is 8.20. The third-order valence-electron chi connectivity index (χ3n) is 2.73. The Balaban J connectivity index is 2.33. The lowest BCUT2D eigenvalue weighted by Gasteiger charge is -2.18. The number of anilines is 1. The number of aromatic nitrogens is 1. The van der Waals surface area contributed by atoms with Crippen LogP contribution >= 0.6 is 11.3 Å². The van der Waals surface area contributed by atoms with E-state index in [-0.39, 0.29) is 0 Å². The molecule has 0 aromatic carbocycles. The quantitative estimate of drug-likeness (QED) is 0.807. The summed E-state index contributed by atoms with van der Waals surface area (Å²) in [5.41, 5.74) is 7.03. The van der Waals surface area contributed by atoms with Crippen LogP contribution in [0.4, 0.5) is 5.13 Å². The summed E-state index contributed by atoms with van der Waals surface area (Å²) in [6, 6.07) is 0. The summed E-state index contributed by atoms with van der Waals surface area (Å²) in [6.45, 7) is 0.740. The third-order valence-corrected chi connectivity index (χ3v) is 4.03. The van der Waals surface area contributed by atoms with Gasteiger partial charge in [-0.3, -0.25) is 0 Å². The van der Waals surface area contributed by atoms with Crippen LogP contribution in [0.2, 0.25) is 0 Å². The summed E-state index contributed by atoms with van der Waals surface area (Å²) < 4.78 is 0. The van der Waals surface area contributed by atoms with E-state index in [0.29, 0.717) is 5.92 Å². The average Bonchev–Trinajstić information content (AvgIpc) is 2.60. The van der Waals surface area contributed by atoms with E-state index in [1.54, 1.807) is 0 Å². The number of hydrogen-bond acceptors (Lipinski definition) is 4. The average molecular weight is 211 g/mol. The van der Waals surface area contributed by atoms with E-state index in [2.05, 4.69) is 9.88 Å². The molecule has 0 spiro atoms. The monoisotopic (exact) mass is 211 g/mol. The minimum atomic E-state index is 0.503. The lowest BCUT2D eigenvalue weighted by molar-refractivity contribution is 0.554. The predicted molar refractivity (Wildman–Crippen MR) is 61.2 cm³/mol. The lowest BCUT2D eigenvalue weighted by atomic mass is 9.91. The molecule has 1 aliphatic rings. The van der Waals surface area contributed by atoms with Gasteiger partial charge in [0, 0.05) is 31.4 Å². The highest BCUT2D eigenvalue weighted by Gasteiger charge is 2.23. The summed E-state index contributed by atoms with van der Waals surface area (Å²) >= 11 is 1.82. The molecule has 0 bridgehead atoms. The first-order valence-corrected chi connectivity index (χ1v) is 5.91. The molecule has 0 amide bonds. The van der Waals surface area contributed by atoms with Gasteiger partial charge in [-0.25, -0.2) is 4.98 Å². The molecule has 78 valence electrons. The van der Waals surface area contributed by atoms with Gasteiger partial charge in [-0.05, 0) is 19.3 Å². The SMILES string of the molecule is CN(C)c1nc2c(s1)CCCC2CN. The van der Waals surface area contributed by atoms with Gasteiger partial charge in [0.15, 0.2) is 5.13 Å². The molecule has 0 fully saturated rings. The van der Waals surface area contributed by atoms with Gasteiger partial charge in [0.25, 0.3) is 0 Å². The molecule has 2 rings (SSSR count). The van der Waals surface area contributed by atoms with E-state index in [1.165, 1.54) is 29.8 Å². The Morgan fingerprint density at radius 1 is 1.57 bits per heavy atom. The van der Waals surface area contributed by atoms with E-state index in [4.69, 9.17) is 5.73 Å². The van der Waals surface area contributed by atoms with Crippen LogP contribution < -0.4 is 10.6 Å². The van der Waals surface area contributed by atoms with Crippen molar-refractivity contribution in [1.29, 1.82) is 0 Å². The molecule has 4 heteroatoms. The second kappa shape index (κ2) is 3.87. The number of thiazole rings is 1. The zero-order valence-corrected chi connectivity index (χ0v) is 9.60. The topological polar surface area (TPSA) is 42.2 Å². The maximum atomic E-state index is 5.75. The molecule has 14 heavy (non-hydrogen) atoms. The molecule has 3 nitrogen and oxygen atoms in total. The first-order chi connectivity index (χ1) is 6.72. The molecule has 1 aromatic heterocycles. The predicted octanol–water partition coefficient (Wildman–Crippen LogP) is 1.59. The number of hydrogen-bond donors (Lipinski definition) is 1. The van der Waals surface area contributed by atoms with Gasteiger partial charge in [-0.15, -0.1) is 11.3 Å². The second-order valence-electron chi connectivity index (χ2n) is 4.02. The van der Waals surface area contributed by atoms with E-state index >= 15 is 0 Å². The van der Waals surface area contributed by atoms with E-state index in [9.17, 15) is 0 Å².